The molecular formula is C17H21N5. The Morgan fingerprint density at radius 3 is 2.55 bits per heavy atom. The van der Waals surface area contributed by atoms with Gasteiger partial charge < -0.3 is 5.73 Å². The summed E-state index contributed by atoms with van der Waals surface area (Å²) in [5.74, 6) is 0.918. The van der Waals surface area contributed by atoms with Gasteiger partial charge in [0.2, 0.25) is 0 Å². The van der Waals surface area contributed by atoms with Crippen molar-refractivity contribution in [2.24, 2.45) is 5.73 Å². The lowest BCUT2D eigenvalue weighted by molar-refractivity contribution is 0.656. The van der Waals surface area contributed by atoms with Gasteiger partial charge in [0.05, 0.1) is 5.69 Å². The number of hydrogen-bond donors (Lipinski definition) is 1. The normalized spacial score (nSPS) is 11.2. The van der Waals surface area contributed by atoms with E-state index in [2.05, 4.69) is 41.4 Å². The summed E-state index contributed by atoms with van der Waals surface area (Å²) in [4.78, 5) is 0. The van der Waals surface area contributed by atoms with Crippen molar-refractivity contribution >= 4 is 5.65 Å². The Labute approximate surface area is 130 Å². The van der Waals surface area contributed by atoms with E-state index < -0.39 is 0 Å². The van der Waals surface area contributed by atoms with Crippen LogP contribution in [0.1, 0.15) is 30.7 Å². The summed E-state index contributed by atoms with van der Waals surface area (Å²) in [7, 11) is 0. The predicted octanol–water partition coefficient (Wildman–Crippen LogP) is 2.77. The maximum Gasteiger partial charge on any atom is 0.177 e. The number of aryl methyl sites for hydroxylation is 2. The number of nitrogens with zero attached hydrogens (tertiary/aromatic N) is 4. The Morgan fingerprint density at radius 1 is 0.955 bits per heavy atom. The Balaban J connectivity index is 1.86. The van der Waals surface area contributed by atoms with Crippen LogP contribution >= 0.6 is 0 Å². The lowest BCUT2D eigenvalue weighted by atomic mass is 10.1. The molecule has 0 spiro atoms. The third kappa shape index (κ3) is 3.14. The van der Waals surface area contributed by atoms with E-state index in [4.69, 9.17) is 10.8 Å². The average molecular weight is 295 g/mol. The van der Waals surface area contributed by atoms with Crippen LogP contribution in [0.15, 0.2) is 36.4 Å². The maximum absolute atomic E-state index is 5.53. The molecule has 0 aliphatic rings. The van der Waals surface area contributed by atoms with Gasteiger partial charge in [0.25, 0.3) is 0 Å². The molecule has 5 heteroatoms. The van der Waals surface area contributed by atoms with Gasteiger partial charge in [0.1, 0.15) is 0 Å². The van der Waals surface area contributed by atoms with E-state index >= 15 is 0 Å². The molecule has 2 N–H and O–H groups in total. The lowest BCUT2D eigenvalue weighted by Crippen LogP contribution is -2.02. The molecule has 2 aromatic heterocycles. The summed E-state index contributed by atoms with van der Waals surface area (Å²) in [6.45, 7) is 2.83. The zero-order valence-electron chi connectivity index (χ0n) is 12.9. The maximum atomic E-state index is 5.53. The standard InChI is InChI=1S/C17H21N5/c1-13-6-8-14(9-7-13)15-10-11-17-20-19-16(22(17)21-15)5-3-2-4-12-18/h6-11H,2-5,12,18H2,1H3. The molecule has 3 rings (SSSR count). The number of fused-ring (bicyclic) bond motifs is 1. The van der Waals surface area contributed by atoms with Crippen LogP contribution < -0.4 is 5.73 Å². The molecule has 5 nitrogen and oxygen atoms in total. The zero-order chi connectivity index (χ0) is 15.4. The molecule has 0 amide bonds. The molecule has 0 unspecified atom stereocenters. The van der Waals surface area contributed by atoms with Gasteiger partial charge in [-0.1, -0.05) is 36.2 Å². The Bertz CT molecular complexity index is 745. The van der Waals surface area contributed by atoms with Crippen LogP contribution in [0.4, 0.5) is 0 Å². The first kappa shape index (κ1) is 14.7. The second kappa shape index (κ2) is 6.66. The van der Waals surface area contributed by atoms with E-state index in [9.17, 15) is 0 Å². The molecule has 114 valence electrons. The van der Waals surface area contributed by atoms with Gasteiger partial charge >= 0.3 is 0 Å². The molecule has 0 saturated carbocycles. The van der Waals surface area contributed by atoms with Gasteiger partial charge in [-0.3, -0.25) is 0 Å². The molecule has 0 atom stereocenters. The molecule has 0 aliphatic carbocycles. The quantitative estimate of drug-likeness (QED) is 0.710. The van der Waals surface area contributed by atoms with Crippen molar-refractivity contribution in [3.63, 3.8) is 0 Å². The number of benzene rings is 1. The third-order valence-electron chi connectivity index (χ3n) is 3.78. The van der Waals surface area contributed by atoms with Crippen molar-refractivity contribution in [1.82, 2.24) is 19.8 Å². The van der Waals surface area contributed by atoms with Crippen LogP contribution in [0.3, 0.4) is 0 Å². The number of nitrogens with two attached hydrogens (primary N) is 1. The number of aromatic nitrogens is 4. The van der Waals surface area contributed by atoms with Crippen molar-refractivity contribution in [1.29, 1.82) is 0 Å². The molecule has 3 aromatic rings. The van der Waals surface area contributed by atoms with Crippen molar-refractivity contribution < 1.29 is 0 Å². The third-order valence-corrected chi connectivity index (χ3v) is 3.78. The van der Waals surface area contributed by atoms with E-state index in [0.29, 0.717) is 0 Å². The number of unbranched alkanes of at least 4 members (excludes halogenated alkanes) is 2. The zero-order valence-corrected chi connectivity index (χ0v) is 12.9. The molecule has 0 radical (unpaired) electrons. The van der Waals surface area contributed by atoms with E-state index in [0.717, 1.165) is 55.0 Å². The Hall–Kier alpha value is -2.27. The van der Waals surface area contributed by atoms with E-state index in [1.807, 2.05) is 16.6 Å². The fourth-order valence-corrected chi connectivity index (χ4v) is 2.47. The van der Waals surface area contributed by atoms with Crippen LogP contribution in [0, 0.1) is 6.92 Å². The van der Waals surface area contributed by atoms with Crippen molar-refractivity contribution in [2.75, 3.05) is 6.54 Å². The molecule has 22 heavy (non-hydrogen) atoms. The summed E-state index contributed by atoms with van der Waals surface area (Å²) >= 11 is 0. The van der Waals surface area contributed by atoms with Gasteiger partial charge in [-0.15, -0.1) is 10.2 Å². The minimum absolute atomic E-state index is 0.746. The first-order valence-electron chi connectivity index (χ1n) is 7.76. The monoisotopic (exact) mass is 295 g/mol. The highest BCUT2D eigenvalue weighted by Gasteiger charge is 2.08. The molecule has 1 aromatic carbocycles. The molecule has 0 fully saturated rings. The molecule has 0 bridgehead atoms. The molecule has 0 saturated heterocycles. The van der Waals surface area contributed by atoms with Crippen LogP contribution in [-0.2, 0) is 6.42 Å². The van der Waals surface area contributed by atoms with Gasteiger partial charge in [-0.2, -0.15) is 9.61 Å². The summed E-state index contributed by atoms with van der Waals surface area (Å²) in [5, 5.41) is 13.2. The Kier molecular flexibility index (Phi) is 4.44. The summed E-state index contributed by atoms with van der Waals surface area (Å²) < 4.78 is 1.86. The molecule has 2 heterocycles. The smallest absolute Gasteiger partial charge is 0.177 e. The van der Waals surface area contributed by atoms with Gasteiger partial charge in [-0.05, 0) is 38.4 Å². The second-order valence-electron chi connectivity index (χ2n) is 5.57. The largest absolute Gasteiger partial charge is 0.330 e. The average Bonchev–Trinajstić information content (AvgIpc) is 2.95. The molecule has 0 aliphatic heterocycles. The first-order chi connectivity index (χ1) is 10.8. The highest BCUT2D eigenvalue weighted by Crippen LogP contribution is 2.18. The van der Waals surface area contributed by atoms with Gasteiger partial charge in [-0.25, -0.2) is 0 Å². The Morgan fingerprint density at radius 2 is 1.77 bits per heavy atom. The van der Waals surface area contributed by atoms with Crippen LogP contribution in [0.25, 0.3) is 16.9 Å². The highest BCUT2D eigenvalue weighted by molar-refractivity contribution is 5.60. The van der Waals surface area contributed by atoms with E-state index in [1.165, 1.54) is 5.56 Å². The van der Waals surface area contributed by atoms with Crippen LogP contribution in [0.2, 0.25) is 0 Å². The lowest BCUT2D eigenvalue weighted by Gasteiger charge is -2.04. The fraction of sp³-hybridized carbons (Fsp3) is 0.353. The van der Waals surface area contributed by atoms with Gasteiger partial charge in [0.15, 0.2) is 11.5 Å². The fourth-order valence-electron chi connectivity index (χ4n) is 2.47. The van der Waals surface area contributed by atoms with Crippen molar-refractivity contribution in [3.05, 3.63) is 47.8 Å². The van der Waals surface area contributed by atoms with Crippen molar-refractivity contribution in [3.8, 4) is 11.3 Å². The topological polar surface area (TPSA) is 69.1 Å². The minimum Gasteiger partial charge on any atom is -0.330 e. The first-order valence-corrected chi connectivity index (χ1v) is 7.76. The predicted molar refractivity (Wildman–Crippen MR) is 87.6 cm³/mol. The summed E-state index contributed by atoms with van der Waals surface area (Å²) in [6, 6.07) is 12.3. The van der Waals surface area contributed by atoms with Crippen LogP contribution in [0.5, 0.6) is 0 Å². The van der Waals surface area contributed by atoms with Crippen molar-refractivity contribution in [2.45, 2.75) is 32.6 Å². The highest BCUT2D eigenvalue weighted by atomic mass is 15.4. The SMILES string of the molecule is Cc1ccc(-c2ccc3nnc(CCCCCN)n3n2)cc1. The van der Waals surface area contributed by atoms with E-state index in [1.54, 1.807) is 0 Å². The van der Waals surface area contributed by atoms with Gasteiger partial charge in [0, 0.05) is 12.0 Å². The van der Waals surface area contributed by atoms with Crippen LogP contribution in [-0.4, -0.2) is 26.4 Å². The minimum atomic E-state index is 0.746. The summed E-state index contributed by atoms with van der Waals surface area (Å²) in [6.07, 6.45) is 4.11. The number of hydrogen-bond acceptors (Lipinski definition) is 4. The summed E-state index contributed by atoms with van der Waals surface area (Å²) in [5.41, 5.74) is 9.62. The molecular weight excluding hydrogens is 274 g/mol. The number of rotatable bonds is 6. The van der Waals surface area contributed by atoms with E-state index in [-0.39, 0.29) is 0 Å². The second-order valence-corrected chi connectivity index (χ2v) is 5.57.